The van der Waals surface area contributed by atoms with Crippen molar-refractivity contribution in [1.29, 1.82) is 0 Å². The Labute approximate surface area is 416 Å². The van der Waals surface area contributed by atoms with Crippen molar-refractivity contribution < 1.29 is 44.9 Å². The number of nitrogens with one attached hydrogen (secondary N) is 1. The second-order valence-electron chi connectivity index (χ2n) is 19.5. The Bertz CT molecular complexity index is 1270. The number of aliphatic hydroxyl groups excluding tert-OH is 6. The van der Waals surface area contributed by atoms with Gasteiger partial charge >= 0.3 is 0 Å². The Morgan fingerprint density at radius 3 is 1.37 bits per heavy atom. The van der Waals surface area contributed by atoms with Crippen molar-refractivity contribution in [3.8, 4) is 0 Å². The zero-order valence-electron chi connectivity index (χ0n) is 43.5. The molecule has 7 N–H and O–H groups in total. The molecule has 0 aromatic rings. The highest BCUT2D eigenvalue weighted by Crippen LogP contribution is 2.23. The number of hydrogen-bond acceptors (Lipinski definition) is 9. The van der Waals surface area contributed by atoms with Crippen LogP contribution in [0.3, 0.4) is 0 Å². The van der Waals surface area contributed by atoms with Crippen molar-refractivity contribution >= 4 is 5.91 Å². The lowest BCUT2D eigenvalue weighted by Gasteiger charge is -2.40. The molecule has 0 spiro atoms. The molecule has 1 aliphatic heterocycles. The SMILES string of the molecule is CCCCCCC/C=C/CC/C=C/CC/C=C/C(O)C(COC1OC(CO)C(O)C(O)C1O)NC(=O)C(O)CCCCCCCCCCCCCC/C=C\C/C=C\CCCCCCCCCCC. The lowest BCUT2D eigenvalue weighted by atomic mass is 9.99. The van der Waals surface area contributed by atoms with E-state index in [1.54, 1.807) is 6.08 Å². The molecule has 1 heterocycles. The van der Waals surface area contributed by atoms with Gasteiger partial charge in [0.05, 0.1) is 25.4 Å². The number of aliphatic hydroxyl groups is 6. The summed E-state index contributed by atoms with van der Waals surface area (Å²) in [7, 11) is 0. The molecule has 1 amide bonds. The fourth-order valence-electron chi connectivity index (χ4n) is 8.58. The van der Waals surface area contributed by atoms with Crippen LogP contribution in [0.25, 0.3) is 0 Å². The third kappa shape index (κ3) is 35.9. The van der Waals surface area contributed by atoms with Crippen LogP contribution in [0.15, 0.2) is 60.8 Å². The predicted octanol–water partition coefficient (Wildman–Crippen LogP) is 12.5. The van der Waals surface area contributed by atoms with E-state index in [4.69, 9.17) is 9.47 Å². The summed E-state index contributed by atoms with van der Waals surface area (Å²) >= 11 is 0. The van der Waals surface area contributed by atoms with E-state index in [9.17, 15) is 35.4 Å². The first kappa shape index (κ1) is 63.9. The molecule has 1 fully saturated rings. The van der Waals surface area contributed by atoms with E-state index in [1.165, 1.54) is 154 Å². The number of hydrogen-bond donors (Lipinski definition) is 7. The van der Waals surface area contributed by atoms with E-state index in [0.717, 1.165) is 51.4 Å². The Morgan fingerprint density at radius 1 is 0.515 bits per heavy atom. The maximum Gasteiger partial charge on any atom is 0.249 e. The zero-order chi connectivity index (χ0) is 49.6. The number of unbranched alkanes of at least 4 members (excludes halogenated alkanes) is 28. The zero-order valence-corrected chi connectivity index (χ0v) is 43.5. The highest BCUT2D eigenvalue weighted by atomic mass is 16.7. The molecule has 68 heavy (non-hydrogen) atoms. The fraction of sp³-hybridized carbons (Fsp3) is 0.810. The van der Waals surface area contributed by atoms with Gasteiger partial charge < -0.3 is 45.4 Å². The summed E-state index contributed by atoms with van der Waals surface area (Å²) in [6, 6.07) is -1.01. The molecule has 396 valence electrons. The lowest BCUT2D eigenvalue weighted by Crippen LogP contribution is -2.60. The van der Waals surface area contributed by atoms with Crippen molar-refractivity contribution in [2.45, 2.75) is 288 Å². The van der Waals surface area contributed by atoms with Crippen LogP contribution in [-0.4, -0.2) is 98.7 Å². The van der Waals surface area contributed by atoms with Crippen LogP contribution in [-0.2, 0) is 14.3 Å². The fourth-order valence-corrected chi connectivity index (χ4v) is 8.58. The molecule has 1 aliphatic rings. The van der Waals surface area contributed by atoms with Crippen molar-refractivity contribution in [2.24, 2.45) is 0 Å². The summed E-state index contributed by atoms with van der Waals surface area (Å²) in [4.78, 5) is 13.1. The van der Waals surface area contributed by atoms with Crippen LogP contribution in [0, 0.1) is 0 Å². The minimum absolute atomic E-state index is 0.297. The Kier molecular flexibility index (Phi) is 44.3. The highest BCUT2D eigenvalue weighted by Gasteiger charge is 2.44. The van der Waals surface area contributed by atoms with Gasteiger partial charge in [-0.1, -0.05) is 222 Å². The van der Waals surface area contributed by atoms with Crippen molar-refractivity contribution in [1.82, 2.24) is 5.32 Å². The molecular weight excluding hydrogens is 855 g/mol. The normalized spacial score (nSPS) is 20.5. The van der Waals surface area contributed by atoms with Gasteiger partial charge in [-0.2, -0.15) is 0 Å². The number of allylic oxidation sites excluding steroid dienone is 9. The second kappa shape index (κ2) is 47.2. The third-order valence-electron chi connectivity index (χ3n) is 13.2. The smallest absolute Gasteiger partial charge is 0.249 e. The number of carbonyl (C=O) groups excluding carboxylic acids is 1. The number of amides is 1. The highest BCUT2D eigenvalue weighted by molar-refractivity contribution is 5.80. The minimum Gasteiger partial charge on any atom is -0.394 e. The summed E-state index contributed by atoms with van der Waals surface area (Å²) in [5.74, 6) is -0.632. The number of rotatable bonds is 47. The van der Waals surface area contributed by atoms with Crippen LogP contribution < -0.4 is 5.32 Å². The average molecular weight is 960 g/mol. The summed E-state index contributed by atoms with van der Waals surface area (Å²) in [5, 5.41) is 64.9. The summed E-state index contributed by atoms with van der Waals surface area (Å²) < 4.78 is 11.2. The topological polar surface area (TPSA) is 169 Å². The van der Waals surface area contributed by atoms with E-state index in [-0.39, 0.29) is 6.61 Å². The molecule has 1 saturated heterocycles. The summed E-state index contributed by atoms with van der Waals surface area (Å²) in [6.07, 6.45) is 53.2. The van der Waals surface area contributed by atoms with Gasteiger partial charge in [-0.3, -0.25) is 4.79 Å². The van der Waals surface area contributed by atoms with E-state index in [0.29, 0.717) is 19.3 Å². The van der Waals surface area contributed by atoms with Gasteiger partial charge in [-0.25, -0.2) is 0 Å². The average Bonchev–Trinajstić information content (AvgIpc) is 3.34. The van der Waals surface area contributed by atoms with Crippen molar-refractivity contribution in [2.75, 3.05) is 13.2 Å². The van der Waals surface area contributed by atoms with E-state index < -0.39 is 61.5 Å². The van der Waals surface area contributed by atoms with E-state index in [1.807, 2.05) is 6.08 Å². The molecule has 0 saturated carbocycles. The van der Waals surface area contributed by atoms with Crippen LogP contribution in [0.4, 0.5) is 0 Å². The molecule has 0 aromatic carbocycles. The van der Waals surface area contributed by atoms with E-state index >= 15 is 0 Å². The predicted molar refractivity (Wildman–Crippen MR) is 282 cm³/mol. The van der Waals surface area contributed by atoms with Gasteiger partial charge in [0.25, 0.3) is 0 Å². The molecule has 10 heteroatoms. The molecule has 0 aliphatic carbocycles. The lowest BCUT2D eigenvalue weighted by molar-refractivity contribution is -0.302. The van der Waals surface area contributed by atoms with Crippen LogP contribution in [0.2, 0.25) is 0 Å². The third-order valence-corrected chi connectivity index (χ3v) is 13.2. The molecular formula is C58H105NO9. The molecule has 0 aromatic heterocycles. The van der Waals surface area contributed by atoms with Gasteiger partial charge in [0, 0.05) is 0 Å². The standard InChI is InChI=1S/C58H105NO9/c1-3-5-7-9-11-13-15-17-19-20-21-22-23-24-25-26-27-28-29-30-31-33-35-37-39-41-43-45-47-52(62)57(66)59-50(49-67-58-56(65)55(64)54(63)53(48-60)68-58)51(61)46-44-42-40-38-36-34-32-18-16-14-12-10-8-6-4-2/h16,18,21-22,24-25,36,38,44,46,50-56,58,60-65H,3-15,17,19-20,23,26-35,37,39-43,45,47-49H2,1-2H3,(H,59,66)/b18-16+,22-21-,25-24-,38-36+,46-44+. The van der Waals surface area contributed by atoms with Crippen LogP contribution in [0.5, 0.6) is 0 Å². The van der Waals surface area contributed by atoms with Gasteiger partial charge in [0.2, 0.25) is 5.91 Å². The van der Waals surface area contributed by atoms with Crippen molar-refractivity contribution in [3.63, 3.8) is 0 Å². The maximum absolute atomic E-state index is 13.1. The molecule has 10 nitrogen and oxygen atoms in total. The molecule has 8 unspecified atom stereocenters. The molecule has 8 atom stereocenters. The molecule has 0 radical (unpaired) electrons. The first-order valence-corrected chi connectivity index (χ1v) is 28.1. The maximum atomic E-state index is 13.1. The Hall–Kier alpha value is -2.15. The first-order valence-electron chi connectivity index (χ1n) is 28.1. The monoisotopic (exact) mass is 960 g/mol. The van der Waals surface area contributed by atoms with Crippen LogP contribution >= 0.6 is 0 Å². The number of ether oxygens (including phenoxy) is 2. The molecule has 1 rings (SSSR count). The second-order valence-corrected chi connectivity index (χ2v) is 19.5. The van der Waals surface area contributed by atoms with Gasteiger partial charge in [0.1, 0.15) is 30.5 Å². The number of carbonyl (C=O) groups is 1. The van der Waals surface area contributed by atoms with Gasteiger partial charge in [-0.05, 0) is 77.0 Å². The van der Waals surface area contributed by atoms with Crippen molar-refractivity contribution in [3.05, 3.63) is 60.8 Å². The summed E-state index contributed by atoms with van der Waals surface area (Å²) in [5.41, 5.74) is 0. The minimum atomic E-state index is -1.62. The quantitative estimate of drug-likeness (QED) is 0.0232. The Morgan fingerprint density at radius 2 is 0.912 bits per heavy atom. The Balaban J connectivity index is 2.26. The summed E-state index contributed by atoms with van der Waals surface area (Å²) in [6.45, 7) is 3.58. The van der Waals surface area contributed by atoms with Gasteiger partial charge in [-0.15, -0.1) is 0 Å². The van der Waals surface area contributed by atoms with Crippen LogP contribution in [0.1, 0.15) is 239 Å². The van der Waals surface area contributed by atoms with Gasteiger partial charge in [0.15, 0.2) is 6.29 Å². The first-order chi connectivity index (χ1) is 33.3. The largest absolute Gasteiger partial charge is 0.394 e. The van der Waals surface area contributed by atoms with E-state index in [2.05, 4.69) is 67.8 Å². The molecule has 0 bridgehead atoms.